The number of nitrogens with one attached hydrogen (secondary N) is 2. The van der Waals surface area contributed by atoms with E-state index in [-0.39, 0.29) is 17.0 Å². The van der Waals surface area contributed by atoms with Crippen molar-refractivity contribution in [3.63, 3.8) is 0 Å². The van der Waals surface area contributed by atoms with Gasteiger partial charge in [0.1, 0.15) is 5.75 Å². The average Bonchev–Trinajstić information content (AvgIpc) is 2.59. The Bertz CT molecular complexity index is 1090. The number of aromatic nitrogens is 1. The number of aromatic amines is 1. The van der Waals surface area contributed by atoms with Crippen LogP contribution in [0.15, 0.2) is 58.2 Å². The summed E-state index contributed by atoms with van der Waals surface area (Å²) in [5.74, 6) is 0.658. The molecule has 0 aliphatic heterocycles. The minimum atomic E-state index is -3.69. The standard InChI is InChI=1S/C18H18N2O4S/c1-12-4-3-5-16(8-12)25(22,23)19-11-14-9-13-10-15(24-2)6-7-17(13)20-18(14)21/h3-10,19H,11H2,1-2H3,(H,20,21). The number of methoxy groups -OCH3 is 1. The zero-order chi connectivity index (χ0) is 18.0. The number of hydrogen-bond acceptors (Lipinski definition) is 4. The number of aryl methyl sites for hydroxylation is 1. The van der Waals surface area contributed by atoms with Gasteiger partial charge in [-0.25, -0.2) is 13.1 Å². The van der Waals surface area contributed by atoms with E-state index in [2.05, 4.69) is 9.71 Å². The van der Waals surface area contributed by atoms with Crippen molar-refractivity contribution < 1.29 is 13.2 Å². The summed E-state index contributed by atoms with van der Waals surface area (Å²) in [7, 11) is -2.13. The quantitative estimate of drug-likeness (QED) is 0.733. The summed E-state index contributed by atoms with van der Waals surface area (Å²) >= 11 is 0. The van der Waals surface area contributed by atoms with E-state index >= 15 is 0 Å². The normalized spacial score (nSPS) is 11.6. The largest absolute Gasteiger partial charge is 0.497 e. The van der Waals surface area contributed by atoms with Crippen molar-refractivity contribution in [3.8, 4) is 5.75 Å². The van der Waals surface area contributed by atoms with Gasteiger partial charge in [0, 0.05) is 23.0 Å². The highest BCUT2D eigenvalue weighted by Gasteiger charge is 2.15. The number of ether oxygens (including phenoxy) is 1. The summed E-state index contributed by atoms with van der Waals surface area (Å²) in [5.41, 5.74) is 1.51. The third-order valence-electron chi connectivity index (χ3n) is 3.88. The molecule has 1 heterocycles. The lowest BCUT2D eigenvalue weighted by Crippen LogP contribution is -2.27. The smallest absolute Gasteiger partial charge is 0.252 e. The van der Waals surface area contributed by atoms with Crippen LogP contribution >= 0.6 is 0 Å². The third-order valence-corrected chi connectivity index (χ3v) is 5.28. The molecule has 1 aromatic heterocycles. The molecule has 130 valence electrons. The van der Waals surface area contributed by atoms with Crippen LogP contribution in [-0.4, -0.2) is 20.5 Å². The van der Waals surface area contributed by atoms with Gasteiger partial charge < -0.3 is 9.72 Å². The summed E-state index contributed by atoms with van der Waals surface area (Å²) in [6.45, 7) is 1.72. The van der Waals surface area contributed by atoms with Crippen LogP contribution < -0.4 is 15.0 Å². The van der Waals surface area contributed by atoms with E-state index in [1.54, 1.807) is 43.5 Å². The fourth-order valence-electron chi connectivity index (χ4n) is 2.53. The highest BCUT2D eigenvalue weighted by molar-refractivity contribution is 7.89. The monoisotopic (exact) mass is 358 g/mol. The summed E-state index contributed by atoms with van der Waals surface area (Å²) in [4.78, 5) is 15.1. The maximum Gasteiger partial charge on any atom is 0.252 e. The van der Waals surface area contributed by atoms with E-state index in [1.807, 2.05) is 13.0 Å². The highest BCUT2D eigenvalue weighted by atomic mass is 32.2. The van der Waals surface area contributed by atoms with Crippen molar-refractivity contribution in [2.45, 2.75) is 18.4 Å². The van der Waals surface area contributed by atoms with E-state index in [0.717, 1.165) is 10.9 Å². The Kier molecular flexibility index (Phi) is 4.61. The number of hydrogen-bond donors (Lipinski definition) is 2. The Morgan fingerprint density at radius 3 is 2.64 bits per heavy atom. The van der Waals surface area contributed by atoms with Crippen molar-refractivity contribution >= 4 is 20.9 Å². The summed E-state index contributed by atoms with van der Waals surface area (Å²) in [5, 5.41) is 0.767. The molecule has 0 amide bonds. The van der Waals surface area contributed by atoms with E-state index < -0.39 is 10.0 Å². The zero-order valence-corrected chi connectivity index (χ0v) is 14.7. The van der Waals surface area contributed by atoms with Crippen LogP contribution in [0.25, 0.3) is 10.9 Å². The Labute approximate surface area is 145 Å². The van der Waals surface area contributed by atoms with Gasteiger partial charge in [0.2, 0.25) is 10.0 Å². The first-order chi connectivity index (χ1) is 11.9. The zero-order valence-electron chi connectivity index (χ0n) is 13.9. The predicted octanol–water partition coefficient (Wildman–Crippen LogP) is 2.32. The Hall–Kier alpha value is -2.64. The lowest BCUT2D eigenvalue weighted by atomic mass is 10.1. The molecule has 0 spiro atoms. The van der Waals surface area contributed by atoms with Gasteiger partial charge in [-0.05, 0) is 48.9 Å². The molecule has 3 aromatic rings. The van der Waals surface area contributed by atoms with Crippen molar-refractivity contribution in [3.05, 3.63) is 70.0 Å². The molecule has 3 rings (SSSR count). The van der Waals surface area contributed by atoms with Gasteiger partial charge in [-0.2, -0.15) is 0 Å². The molecule has 0 saturated carbocycles. The SMILES string of the molecule is COc1ccc2[nH]c(=O)c(CNS(=O)(=O)c3cccc(C)c3)cc2c1. The van der Waals surface area contributed by atoms with Gasteiger partial charge in [-0.1, -0.05) is 12.1 Å². The van der Waals surface area contributed by atoms with Crippen LogP contribution in [0.5, 0.6) is 5.75 Å². The maximum atomic E-state index is 12.4. The highest BCUT2D eigenvalue weighted by Crippen LogP contribution is 2.19. The van der Waals surface area contributed by atoms with E-state index in [4.69, 9.17) is 4.74 Å². The van der Waals surface area contributed by atoms with Crippen LogP contribution in [0.3, 0.4) is 0 Å². The molecular formula is C18H18N2O4S. The van der Waals surface area contributed by atoms with Gasteiger partial charge in [0.15, 0.2) is 0 Å². The molecule has 7 heteroatoms. The number of pyridine rings is 1. The molecule has 25 heavy (non-hydrogen) atoms. The molecule has 0 aliphatic rings. The van der Waals surface area contributed by atoms with Gasteiger partial charge in [-0.15, -0.1) is 0 Å². The molecule has 0 bridgehead atoms. The molecule has 2 aromatic carbocycles. The van der Waals surface area contributed by atoms with Gasteiger partial charge in [-0.3, -0.25) is 4.79 Å². The van der Waals surface area contributed by atoms with Crippen molar-refractivity contribution in [1.29, 1.82) is 0 Å². The van der Waals surface area contributed by atoms with Crippen molar-refractivity contribution in [1.82, 2.24) is 9.71 Å². The van der Waals surface area contributed by atoms with E-state index in [9.17, 15) is 13.2 Å². The second kappa shape index (κ2) is 6.70. The number of benzene rings is 2. The number of H-pyrrole nitrogens is 1. The van der Waals surface area contributed by atoms with Crippen LogP contribution in [0.1, 0.15) is 11.1 Å². The van der Waals surface area contributed by atoms with Gasteiger partial charge in [0.25, 0.3) is 5.56 Å². The third kappa shape index (κ3) is 3.72. The Morgan fingerprint density at radius 1 is 1.12 bits per heavy atom. The maximum absolute atomic E-state index is 12.4. The van der Waals surface area contributed by atoms with Crippen LogP contribution in [-0.2, 0) is 16.6 Å². The Balaban J connectivity index is 1.90. The summed E-state index contributed by atoms with van der Waals surface area (Å²) in [6, 6.07) is 13.5. The van der Waals surface area contributed by atoms with Gasteiger partial charge in [0.05, 0.1) is 12.0 Å². The fraction of sp³-hybridized carbons (Fsp3) is 0.167. The van der Waals surface area contributed by atoms with Crippen LogP contribution in [0.2, 0.25) is 0 Å². The summed E-state index contributed by atoms with van der Waals surface area (Å²) < 4.78 is 32.4. The van der Waals surface area contributed by atoms with Crippen LogP contribution in [0, 0.1) is 6.92 Å². The molecule has 2 N–H and O–H groups in total. The first kappa shape index (κ1) is 17.2. The number of rotatable bonds is 5. The molecule has 6 nitrogen and oxygen atoms in total. The van der Waals surface area contributed by atoms with Crippen molar-refractivity contribution in [2.75, 3.05) is 7.11 Å². The minimum Gasteiger partial charge on any atom is -0.497 e. The Morgan fingerprint density at radius 2 is 1.92 bits per heavy atom. The first-order valence-corrected chi connectivity index (χ1v) is 9.14. The molecule has 0 aliphatic carbocycles. The predicted molar refractivity (Wildman–Crippen MR) is 96.3 cm³/mol. The second-order valence-corrected chi connectivity index (χ2v) is 7.48. The second-order valence-electron chi connectivity index (χ2n) is 5.72. The lowest BCUT2D eigenvalue weighted by molar-refractivity contribution is 0.415. The van der Waals surface area contributed by atoms with Crippen LogP contribution in [0.4, 0.5) is 0 Å². The number of fused-ring (bicyclic) bond motifs is 1. The lowest BCUT2D eigenvalue weighted by Gasteiger charge is -2.08. The molecule has 0 unspecified atom stereocenters. The minimum absolute atomic E-state index is 0.0985. The molecule has 0 fully saturated rings. The average molecular weight is 358 g/mol. The number of sulfonamides is 1. The topological polar surface area (TPSA) is 88.3 Å². The van der Waals surface area contributed by atoms with E-state index in [0.29, 0.717) is 16.8 Å². The molecule has 0 saturated heterocycles. The molecule has 0 atom stereocenters. The van der Waals surface area contributed by atoms with E-state index in [1.165, 1.54) is 6.07 Å². The summed E-state index contributed by atoms with van der Waals surface area (Å²) in [6.07, 6.45) is 0. The molecular weight excluding hydrogens is 340 g/mol. The fourth-order valence-corrected chi connectivity index (χ4v) is 3.64. The first-order valence-electron chi connectivity index (χ1n) is 7.65. The van der Waals surface area contributed by atoms with Crippen molar-refractivity contribution in [2.24, 2.45) is 0 Å². The van der Waals surface area contributed by atoms with Gasteiger partial charge >= 0.3 is 0 Å². The molecule has 0 radical (unpaired) electrons.